The van der Waals surface area contributed by atoms with E-state index < -0.39 is 98.7 Å². The summed E-state index contributed by atoms with van der Waals surface area (Å²) in [5.41, 5.74) is 0.837. The normalized spacial score (nSPS) is 45.5. The van der Waals surface area contributed by atoms with Gasteiger partial charge in [-0.05, 0) is 38.0 Å². The smallest absolute Gasteiger partial charge is 0.187 e. The number of aliphatic hydroxyl groups excluding tert-OH is 8. The Bertz CT molecular complexity index is 951. The van der Waals surface area contributed by atoms with Crippen LogP contribution in [0.5, 0.6) is 5.75 Å². The first kappa shape index (κ1) is 32.4. The zero-order valence-corrected chi connectivity index (χ0v) is 22.6. The molecular weight excluding hydrogens is 552 g/mol. The van der Waals surface area contributed by atoms with E-state index in [2.05, 4.69) is 0 Å². The van der Waals surface area contributed by atoms with E-state index in [-0.39, 0.29) is 12.4 Å². The van der Waals surface area contributed by atoms with Gasteiger partial charge in [-0.2, -0.15) is 0 Å². The molecule has 0 aromatic heterocycles. The minimum absolute atomic E-state index is 0.0736. The molecule has 3 aliphatic rings. The zero-order valence-electron chi connectivity index (χ0n) is 22.6. The second-order valence-electron chi connectivity index (χ2n) is 10.6. The molecule has 0 bridgehead atoms. The molecule has 0 unspecified atom stereocenters. The number of ether oxygens (including phenoxy) is 6. The highest BCUT2D eigenvalue weighted by atomic mass is 16.8. The van der Waals surface area contributed by atoms with Crippen molar-refractivity contribution in [2.45, 2.75) is 112 Å². The van der Waals surface area contributed by atoms with Gasteiger partial charge >= 0.3 is 0 Å². The van der Waals surface area contributed by atoms with Crippen molar-refractivity contribution < 1.29 is 74.4 Å². The largest absolute Gasteiger partial charge is 0.508 e. The lowest BCUT2D eigenvalue weighted by Gasteiger charge is -2.47. The number of aliphatic hydroxyl groups is 8. The molecule has 3 fully saturated rings. The molecule has 4 rings (SSSR count). The molecule has 3 aliphatic heterocycles. The van der Waals surface area contributed by atoms with Crippen LogP contribution in [0.1, 0.15) is 19.4 Å². The predicted octanol–water partition coefficient (Wildman–Crippen LogP) is -3.55. The van der Waals surface area contributed by atoms with Crippen molar-refractivity contribution in [3.8, 4) is 5.75 Å². The van der Waals surface area contributed by atoms with Crippen molar-refractivity contribution in [2.24, 2.45) is 0 Å². The van der Waals surface area contributed by atoms with E-state index >= 15 is 0 Å². The fourth-order valence-electron chi connectivity index (χ4n) is 5.05. The van der Waals surface area contributed by atoms with Crippen molar-refractivity contribution in [1.29, 1.82) is 0 Å². The van der Waals surface area contributed by atoms with Crippen molar-refractivity contribution in [3.63, 3.8) is 0 Å². The Morgan fingerprint density at radius 3 is 1.85 bits per heavy atom. The molecule has 234 valence electrons. The standard InChI is InChI=1S/C26H40O15/c1-10-15(29)17(31)19(33)25(37-10)40-22-11(2)38-26(20(34)18(22)32)41-23-16(30)14(9-27)39-24(21(23)35)36-8-7-12-3-5-13(28)6-4-12/h3-6,10-11,14-35H,7-9H2,1-2H3/t10-,11+,14-,15-,16+,17+,18+,19-,20+,21+,22-,23+,24-,25+,26-/m0/s1. The summed E-state index contributed by atoms with van der Waals surface area (Å²) in [6.45, 7) is 2.37. The summed E-state index contributed by atoms with van der Waals surface area (Å²) in [7, 11) is 0. The Labute approximate surface area is 236 Å². The Morgan fingerprint density at radius 1 is 0.634 bits per heavy atom. The number of hydrogen-bond donors (Lipinski definition) is 9. The highest BCUT2D eigenvalue weighted by molar-refractivity contribution is 5.25. The molecule has 15 atom stereocenters. The van der Waals surface area contributed by atoms with Crippen molar-refractivity contribution >= 4 is 0 Å². The van der Waals surface area contributed by atoms with Gasteiger partial charge in [0.25, 0.3) is 0 Å². The van der Waals surface area contributed by atoms with Gasteiger partial charge in [0, 0.05) is 0 Å². The summed E-state index contributed by atoms with van der Waals surface area (Å²) in [6.07, 6.45) is -21.0. The Hall–Kier alpha value is -1.54. The molecule has 0 saturated carbocycles. The van der Waals surface area contributed by atoms with E-state index in [9.17, 15) is 46.0 Å². The molecule has 0 aliphatic carbocycles. The van der Waals surface area contributed by atoms with Crippen LogP contribution in [0.25, 0.3) is 0 Å². The average Bonchev–Trinajstić information content (AvgIpc) is 2.95. The molecule has 0 amide bonds. The van der Waals surface area contributed by atoms with Crippen LogP contribution in [-0.4, -0.2) is 151 Å². The molecule has 3 heterocycles. The van der Waals surface area contributed by atoms with Crippen LogP contribution in [0.15, 0.2) is 24.3 Å². The average molecular weight is 593 g/mol. The van der Waals surface area contributed by atoms with Gasteiger partial charge in [0.1, 0.15) is 66.8 Å². The lowest BCUT2D eigenvalue weighted by atomic mass is 9.96. The number of phenols is 1. The van der Waals surface area contributed by atoms with Gasteiger partial charge in [0.05, 0.1) is 25.4 Å². The van der Waals surface area contributed by atoms with E-state index in [1.165, 1.54) is 26.0 Å². The van der Waals surface area contributed by atoms with Crippen molar-refractivity contribution in [3.05, 3.63) is 29.8 Å². The number of hydrogen-bond acceptors (Lipinski definition) is 15. The quantitative estimate of drug-likeness (QED) is 0.135. The van der Waals surface area contributed by atoms with Crippen LogP contribution in [0, 0.1) is 0 Å². The maximum absolute atomic E-state index is 10.9. The van der Waals surface area contributed by atoms with Gasteiger partial charge in [0.15, 0.2) is 18.9 Å². The van der Waals surface area contributed by atoms with Gasteiger partial charge in [-0.25, -0.2) is 0 Å². The van der Waals surface area contributed by atoms with Gasteiger partial charge in [-0.3, -0.25) is 0 Å². The summed E-state index contributed by atoms with van der Waals surface area (Å²) in [5.74, 6) is 0.109. The number of phenolic OH excluding ortho intramolecular Hbond substituents is 1. The maximum Gasteiger partial charge on any atom is 0.187 e. The fraction of sp³-hybridized carbons (Fsp3) is 0.769. The summed E-state index contributed by atoms with van der Waals surface area (Å²) in [5, 5.41) is 92.5. The molecule has 9 N–H and O–H groups in total. The lowest BCUT2D eigenvalue weighted by Crippen LogP contribution is -2.65. The Kier molecular flexibility index (Phi) is 10.9. The van der Waals surface area contributed by atoms with E-state index in [0.29, 0.717) is 6.42 Å². The summed E-state index contributed by atoms with van der Waals surface area (Å²) < 4.78 is 33.6. The fourth-order valence-corrected chi connectivity index (χ4v) is 5.05. The van der Waals surface area contributed by atoms with Crippen LogP contribution in [0.2, 0.25) is 0 Å². The van der Waals surface area contributed by atoms with Gasteiger partial charge in [-0.15, -0.1) is 0 Å². The van der Waals surface area contributed by atoms with E-state index in [1.54, 1.807) is 12.1 Å². The van der Waals surface area contributed by atoms with Crippen LogP contribution in [0.3, 0.4) is 0 Å². The summed E-state index contributed by atoms with van der Waals surface area (Å²) in [4.78, 5) is 0. The summed E-state index contributed by atoms with van der Waals surface area (Å²) >= 11 is 0. The monoisotopic (exact) mass is 592 g/mol. The molecular formula is C26H40O15. The zero-order chi connectivity index (χ0) is 30.0. The van der Waals surface area contributed by atoms with Crippen LogP contribution in [0.4, 0.5) is 0 Å². The molecule has 3 saturated heterocycles. The third kappa shape index (κ3) is 7.17. The van der Waals surface area contributed by atoms with Crippen LogP contribution in [-0.2, 0) is 34.8 Å². The molecule has 0 radical (unpaired) electrons. The third-order valence-corrected chi connectivity index (χ3v) is 7.60. The van der Waals surface area contributed by atoms with Gasteiger partial charge < -0.3 is 74.4 Å². The summed E-state index contributed by atoms with van der Waals surface area (Å²) in [6, 6.07) is 6.42. The second-order valence-corrected chi connectivity index (χ2v) is 10.6. The SMILES string of the molecule is C[C@@H]1O[C@H](O[C@@H]2[C@H](O)[C@@H](O)[C@H](O[C@H]3[C@@H](O)[C@@H](OCCc4ccc(O)cc4)O[C@@H](CO)[C@H]3O)O[C@@H]2C)[C@@H](O)[C@H](O)[C@H]1O. The first-order chi connectivity index (χ1) is 19.4. The molecule has 1 aromatic rings. The van der Waals surface area contributed by atoms with E-state index in [1.807, 2.05) is 0 Å². The van der Waals surface area contributed by atoms with Gasteiger partial charge in [-0.1, -0.05) is 12.1 Å². The number of benzene rings is 1. The highest BCUT2D eigenvalue weighted by Gasteiger charge is 2.52. The van der Waals surface area contributed by atoms with Crippen LogP contribution >= 0.6 is 0 Å². The van der Waals surface area contributed by atoms with Crippen molar-refractivity contribution in [1.82, 2.24) is 0 Å². The van der Waals surface area contributed by atoms with E-state index in [0.717, 1.165) is 5.56 Å². The molecule has 15 heteroatoms. The lowest BCUT2D eigenvalue weighted by molar-refractivity contribution is -0.375. The Morgan fingerprint density at radius 2 is 1.22 bits per heavy atom. The minimum atomic E-state index is -1.77. The maximum atomic E-state index is 10.9. The first-order valence-corrected chi connectivity index (χ1v) is 13.5. The minimum Gasteiger partial charge on any atom is -0.508 e. The third-order valence-electron chi connectivity index (χ3n) is 7.60. The number of rotatable bonds is 9. The molecule has 41 heavy (non-hydrogen) atoms. The van der Waals surface area contributed by atoms with Crippen molar-refractivity contribution in [2.75, 3.05) is 13.2 Å². The predicted molar refractivity (Wildman–Crippen MR) is 134 cm³/mol. The van der Waals surface area contributed by atoms with Gasteiger partial charge in [0.2, 0.25) is 0 Å². The van der Waals surface area contributed by atoms with Crippen LogP contribution < -0.4 is 0 Å². The first-order valence-electron chi connectivity index (χ1n) is 13.5. The molecule has 0 spiro atoms. The second kappa shape index (κ2) is 13.8. The topological polar surface area (TPSA) is 237 Å². The van der Waals surface area contributed by atoms with E-state index in [4.69, 9.17) is 28.4 Å². The molecule has 15 nitrogen and oxygen atoms in total. The molecule has 1 aromatic carbocycles. The Balaban J connectivity index is 1.38. The number of aromatic hydroxyl groups is 1. The highest BCUT2D eigenvalue weighted by Crippen LogP contribution is 2.32.